The molecule has 0 saturated carbocycles. The monoisotopic (exact) mass is 250 g/mol. The number of pyridine rings is 1. The van der Waals surface area contributed by atoms with Gasteiger partial charge in [0.1, 0.15) is 5.75 Å². The maximum absolute atomic E-state index is 9.51. The topological polar surface area (TPSA) is 45.6 Å². The van der Waals surface area contributed by atoms with Gasteiger partial charge in [0.2, 0.25) is 0 Å². The SMILES string of the molecule is CCN1CCC(C(CO)COc2cccnc2)C1. The zero-order chi connectivity index (χ0) is 12.8. The van der Waals surface area contributed by atoms with Crippen molar-refractivity contribution in [2.75, 3.05) is 32.8 Å². The first kappa shape index (κ1) is 13.3. The summed E-state index contributed by atoms with van der Waals surface area (Å²) in [6, 6.07) is 3.76. The summed E-state index contributed by atoms with van der Waals surface area (Å²) >= 11 is 0. The van der Waals surface area contributed by atoms with Crippen molar-refractivity contribution in [2.24, 2.45) is 11.8 Å². The molecule has 0 aromatic carbocycles. The third kappa shape index (κ3) is 3.43. The predicted molar refractivity (Wildman–Crippen MR) is 70.5 cm³/mol. The van der Waals surface area contributed by atoms with Crippen molar-refractivity contribution in [1.82, 2.24) is 9.88 Å². The van der Waals surface area contributed by atoms with Crippen LogP contribution < -0.4 is 4.74 Å². The van der Waals surface area contributed by atoms with Crippen molar-refractivity contribution in [1.29, 1.82) is 0 Å². The van der Waals surface area contributed by atoms with Crippen LogP contribution in [0.1, 0.15) is 13.3 Å². The molecule has 0 aliphatic carbocycles. The highest BCUT2D eigenvalue weighted by Gasteiger charge is 2.28. The second-order valence-corrected chi connectivity index (χ2v) is 4.88. The van der Waals surface area contributed by atoms with Gasteiger partial charge in [0, 0.05) is 25.3 Å². The average Bonchev–Trinajstić information content (AvgIpc) is 2.89. The third-order valence-electron chi connectivity index (χ3n) is 3.76. The maximum atomic E-state index is 9.51. The van der Waals surface area contributed by atoms with Crippen molar-refractivity contribution >= 4 is 0 Å². The minimum Gasteiger partial charge on any atom is -0.492 e. The normalized spacial score (nSPS) is 22.0. The quantitative estimate of drug-likeness (QED) is 0.829. The molecule has 1 N–H and O–H groups in total. The molecule has 1 aromatic rings. The fraction of sp³-hybridized carbons (Fsp3) is 0.643. The minimum absolute atomic E-state index is 0.197. The number of hydrogen-bond acceptors (Lipinski definition) is 4. The second-order valence-electron chi connectivity index (χ2n) is 4.88. The van der Waals surface area contributed by atoms with Gasteiger partial charge in [0.25, 0.3) is 0 Å². The molecule has 2 atom stereocenters. The van der Waals surface area contributed by atoms with Crippen molar-refractivity contribution in [3.63, 3.8) is 0 Å². The van der Waals surface area contributed by atoms with Crippen LogP contribution in [0.5, 0.6) is 5.75 Å². The van der Waals surface area contributed by atoms with E-state index in [0.717, 1.165) is 31.8 Å². The van der Waals surface area contributed by atoms with Gasteiger partial charge in [-0.1, -0.05) is 6.92 Å². The number of rotatable bonds is 6. The van der Waals surface area contributed by atoms with Crippen LogP contribution in [0.25, 0.3) is 0 Å². The number of likely N-dealkylation sites (tertiary alicyclic amines) is 1. The van der Waals surface area contributed by atoms with E-state index in [0.29, 0.717) is 12.5 Å². The van der Waals surface area contributed by atoms with Gasteiger partial charge in [-0.05, 0) is 37.6 Å². The number of aliphatic hydroxyl groups excluding tert-OH is 1. The minimum atomic E-state index is 0.197. The van der Waals surface area contributed by atoms with Crippen molar-refractivity contribution < 1.29 is 9.84 Å². The molecule has 100 valence electrons. The van der Waals surface area contributed by atoms with Crippen LogP contribution >= 0.6 is 0 Å². The van der Waals surface area contributed by atoms with E-state index in [1.165, 1.54) is 0 Å². The van der Waals surface area contributed by atoms with Crippen molar-refractivity contribution in [3.05, 3.63) is 24.5 Å². The summed E-state index contributed by atoms with van der Waals surface area (Å²) in [6.45, 7) is 6.27. The lowest BCUT2D eigenvalue weighted by Gasteiger charge is -2.22. The van der Waals surface area contributed by atoms with Gasteiger partial charge in [-0.25, -0.2) is 0 Å². The molecule has 2 heterocycles. The Morgan fingerprint density at radius 2 is 2.50 bits per heavy atom. The molecule has 0 amide bonds. The lowest BCUT2D eigenvalue weighted by Crippen LogP contribution is -2.28. The van der Waals surface area contributed by atoms with Gasteiger partial charge in [-0.3, -0.25) is 4.98 Å². The summed E-state index contributed by atoms with van der Waals surface area (Å²) in [5, 5.41) is 9.51. The van der Waals surface area contributed by atoms with E-state index < -0.39 is 0 Å². The summed E-state index contributed by atoms with van der Waals surface area (Å²) in [5.74, 6) is 1.55. The van der Waals surface area contributed by atoms with Crippen LogP contribution in [0.4, 0.5) is 0 Å². The lowest BCUT2D eigenvalue weighted by molar-refractivity contribution is 0.118. The van der Waals surface area contributed by atoms with Crippen LogP contribution in [0.3, 0.4) is 0 Å². The highest BCUT2D eigenvalue weighted by molar-refractivity contribution is 5.15. The number of nitrogens with zero attached hydrogens (tertiary/aromatic N) is 2. The first-order chi connectivity index (χ1) is 8.83. The fourth-order valence-electron chi connectivity index (χ4n) is 2.51. The Labute approximate surface area is 109 Å². The van der Waals surface area contributed by atoms with Gasteiger partial charge in [0.05, 0.1) is 12.8 Å². The third-order valence-corrected chi connectivity index (χ3v) is 3.76. The van der Waals surface area contributed by atoms with Gasteiger partial charge >= 0.3 is 0 Å². The Balaban J connectivity index is 1.83. The van der Waals surface area contributed by atoms with Crippen molar-refractivity contribution in [3.8, 4) is 5.75 Å². The lowest BCUT2D eigenvalue weighted by atomic mass is 9.93. The molecular weight excluding hydrogens is 228 g/mol. The maximum Gasteiger partial charge on any atom is 0.137 e. The van der Waals surface area contributed by atoms with Crippen molar-refractivity contribution in [2.45, 2.75) is 13.3 Å². The number of ether oxygens (including phenoxy) is 1. The highest BCUT2D eigenvalue weighted by Crippen LogP contribution is 2.24. The summed E-state index contributed by atoms with van der Waals surface area (Å²) in [6.07, 6.45) is 4.60. The molecule has 2 rings (SSSR count). The summed E-state index contributed by atoms with van der Waals surface area (Å²) in [4.78, 5) is 6.44. The molecule has 4 heteroatoms. The molecule has 0 bridgehead atoms. The zero-order valence-corrected chi connectivity index (χ0v) is 11.0. The molecule has 1 aliphatic rings. The summed E-state index contributed by atoms with van der Waals surface area (Å²) in [7, 11) is 0. The van der Waals surface area contributed by atoms with Gasteiger partial charge in [-0.2, -0.15) is 0 Å². The summed E-state index contributed by atoms with van der Waals surface area (Å²) < 4.78 is 5.70. The molecular formula is C14H22N2O2. The first-order valence-corrected chi connectivity index (χ1v) is 6.69. The predicted octanol–water partition coefficient (Wildman–Crippen LogP) is 1.41. The van der Waals surface area contributed by atoms with Crippen LogP contribution in [0.2, 0.25) is 0 Å². The van der Waals surface area contributed by atoms with E-state index >= 15 is 0 Å². The standard InChI is InChI=1S/C14H22N2O2/c1-2-16-7-5-12(9-16)13(10-17)11-18-14-4-3-6-15-8-14/h3-4,6,8,12-13,17H,2,5,7,9-11H2,1H3. The Hall–Kier alpha value is -1.13. The fourth-order valence-corrected chi connectivity index (χ4v) is 2.51. The Kier molecular flexibility index (Phi) is 4.96. The largest absolute Gasteiger partial charge is 0.492 e. The molecule has 18 heavy (non-hydrogen) atoms. The van der Waals surface area contributed by atoms with Crippen LogP contribution in [0, 0.1) is 11.8 Å². The average molecular weight is 250 g/mol. The van der Waals surface area contributed by atoms with Crippen LogP contribution in [0.15, 0.2) is 24.5 Å². The van der Waals surface area contributed by atoms with Gasteiger partial charge < -0.3 is 14.7 Å². The zero-order valence-electron chi connectivity index (χ0n) is 11.0. The number of aliphatic hydroxyl groups is 1. The number of hydrogen-bond donors (Lipinski definition) is 1. The van der Waals surface area contributed by atoms with E-state index in [2.05, 4.69) is 16.8 Å². The smallest absolute Gasteiger partial charge is 0.137 e. The van der Waals surface area contributed by atoms with E-state index in [1.54, 1.807) is 12.4 Å². The molecule has 1 fully saturated rings. The Morgan fingerprint density at radius 1 is 1.61 bits per heavy atom. The molecule has 2 unspecified atom stereocenters. The van der Waals surface area contributed by atoms with Crippen LogP contribution in [-0.4, -0.2) is 47.8 Å². The molecule has 0 spiro atoms. The van der Waals surface area contributed by atoms with E-state index in [4.69, 9.17) is 4.74 Å². The number of aromatic nitrogens is 1. The Morgan fingerprint density at radius 3 is 3.11 bits per heavy atom. The van der Waals surface area contributed by atoms with E-state index in [9.17, 15) is 5.11 Å². The second kappa shape index (κ2) is 6.71. The van der Waals surface area contributed by atoms with Crippen LogP contribution in [-0.2, 0) is 0 Å². The molecule has 4 nitrogen and oxygen atoms in total. The van der Waals surface area contributed by atoms with Gasteiger partial charge in [-0.15, -0.1) is 0 Å². The van der Waals surface area contributed by atoms with E-state index in [-0.39, 0.29) is 12.5 Å². The van der Waals surface area contributed by atoms with Gasteiger partial charge in [0.15, 0.2) is 0 Å². The molecule has 0 radical (unpaired) electrons. The molecule has 1 aromatic heterocycles. The molecule has 1 saturated heterocycles. The summed E-state index contributed by atoms with van der Waals surface area (Å²) in [5.41, 5.74) is 0. The first-order valence-electron chi connectivity index (χ1n) is 6.69. The highest BCUT2D eigenvalue weighted by atomic mass is 16.5. The Bertz CT molecular complexity index is 345. The van der Waals surface area contributed by atoms with E-state index in [1.807, 2.05) is 12.1 Å². The molecule has 1 aliphatic heterocycles.